The predicted octanol–water partition coefficient (Wildman–Crippen LogP) is 1.15. The minimum Gasteiger partial charge on any atom is -0.485 e. The van der Waals surface area contributed by atoms with Crippen LogP contribution < -0.4 is 9.47 Å². The Labute approximate surface area is 122 Å². The monoisotopic (exact) mass is 291 g/mol. The number of hydrogen-bond donors (Lipinski definition) is 1. The Morgan fingerprint density at radius 1 is 1.24 bits per heavy atom. The van der Waals surface area contributed by atoms with Crippen molar-refractivity contribution in [3.8, 4) is 11.5 Å². The van der Waals surface area contributed by atoms with Gasteiger partial charge in [0.2, 0.25) is 6.10 Å². The van der Waals surface area contributed by atoms with Gasteiger partial charge in [0.15, 0.2) is 11.5 Å². The van der Waals surface area contributed by atoms with E-state index in [4.69, 9.17) is 14.6 Å². The van der Waals surface area contributed by atoms with Gasteiger partial charge >= 0.3 is 5.97 Å². The summed E-state index contributed by atoms with van der Waals surface area (Å²) >= 11 is 0. The molecule has 2 aliphatic heterocycles. The quantitative estimate of drug-likeness (QED) is 0.884. The Morgan fingerprint density at radius 3 is 2.76 bits per heavy atom. The first-order chi connectivity index (χ1) is 10.1. The Bertz CT molecular complexity index is 559. The lowest BCUT2D eigenvalue weighted by molar-refractivity contribution is -0.149. The van der Waals surface area contributed by atoms with Crippen molar-refractivity contribution in [1.82, 2.24) is 4.90 Å². The highest BCUT2D eigenvalue weighted by Gasteiger charge is 2.35. The SMILES string of the molecule is O=C(O)[C@@H]1CCCN(C(=O)[C@@H]2COc3ccccc3O2)C1. The molecule has 2 atom stereocenters. The second-order valence-corrected chi connectivity index (χ2v) is 5.33. The number of carboxylic acids is 1. The molecule has 1 amide bonds. The molecular formula is C15H17NO5. The normalized spacial score (nSPS) is 24.5. The predicted molar refractivity (Wildman–Crippen MR) is 73.3 cm³/mol. The highest BCUT2D eigenvalue weighted by molar-refractivity contribution is 5.83. The van der Waals surface area contributed by atoms with Crippen molar-refractivity contribution >= 4 is 11.9 Å². The van der Waals surface area contributed by atoms with Crippen molar-refractivity contribution in [1.29, 1.82) is 0 Å². The van der Waals surface area contributed by atoms with Gasteiger partial charge in [0.05, 0.1) is 5.92 Å². The summed E-state index contributed by atoms with van der Waals surface area (Å²) in [6, 6.07) is 7.20. The zero-order chi connectivity index (χ0) is 14.8. The van der Waals surface area contributed by atoms with Crippen LogP contribution in [0.5, 0.6) is 11.5 Å². The van der Waals surface area contributed by atoms with Crippen molar-refractivity contribution in [3.63, 3.8) is 0 Å². The molecule has 1 fully saturated rings. The van der Waals surface area contributed by atoms with Crippen LogP contribution in [0.4, 0.5) is 0 Å². The summed E-state index contributed by atoms with van der Waals surface area (Å²) in [7, 11) is 0. The molecule has 0 aromatic heterocycles. The van der Waals surface area contributed by atoms with Gasteiger partial charge < -0.3 is 19.5 Å². The average molecular weight is 291 g/mol. The number of carbonyl (C=O) groups excluding carboxylic acids is 1. The van der Waals surface area contributed by atoms with Gasteiger partial charge in [-0.3, -0.25) is 9.59 Å². The third-order valence-electron chi connectivity index (χ3n) is 3.87. The van der Waals surface area contributed by atoms with Crippen LogP contribution in [0.2, 0.25) is 0 Å². The van der Waals surface area contributed by atoms with Gasteiger partial charge in [0, 0.05) is 13.1 Å². The largest absolute Gasteiger partial charge is 0.485 e. The summed E-state index contributed by atoms with van der Waals surface area (Å²) in [6.07, 6.45) is 0.615. The number of rotatable bonds is 2. The van der Waals surface area contributed by atoms with Crippen LogP contribution in [0, 0.1) is 5.92 Å². The van der Waals surface area contributed by atoms with Crippen LogP contribution in [0.15, 0.2) is 24.3 Å². The Morgan fingerprint density at radius 2 is 2.00 bits per heavy atom. The lowest BCUT2D eigenvalue weighted by Gasteiger charge is -2.34. The first-order valence-corrected chi connectivity index (χ1v) is 7.05. The second-order valence-electron chi connectivity index (χ2n) is 5.33. The van der Waals surface area contributed by atoms with Crippen molar-refractivity contribution in [2.24, 2.45) is 5.92 Å². The third kappa shape index (κ3) is 2.79. The van der Waals surface area contributed by atoms with Crippen molar-refractivity contribution in [2.45, 2.75) is 18.9 Å². The number of para-hydroxylation sites is 2. The highest BCUT2D eigenvalue weighted by atomic mass is 16.6. The smallest absolute Gasteiger partial charge is 0.308 e. The maximum atomic E-state index is 12.5. The third-order valence-corrected chi connectivity index (χ3v) is 3.87. The van der Waals surface area contributed by atoms with Crippen LogP contribution in [-0.2, 0) is 9.59 Å². The number of nitrogens with zero attached hydrogens (tertiary/aromatic N) is 1. The molecule has 112 valence electrons. The number of amides is 1. The van der Waals surface area contributed by atoms with Gasteiger partial charge in [-0.05, 0) is 25.0 Å². The lowest BCUT2D eigenvalue weighted by Crippen LogP contribution is -2.50. The summed E-state index contributed by atoms with van der Waals surface area (Å²) in [6.45, 7) is 0.976. The molecule has 2 heterocycles. The molecule has 0 spiro atoms. The molecule has 1 aromatic carbocycles. The molecule has 0 radical (unpaired) electrons. The topological polar surface area (TPSA) is 76.1 Å². The fourth-order valence-corrected chi connectivity index (χ4v) is 2.72. The summed E-state index contributed by atoms with van der Waals surface area (Å²) in [5, 5.41) is 9.08. The highest BCUT2D eigenvalue weighted by Crippen LogP contribution is 2.31. The molecule has 6 heteroatoms. The van der Waals surface area contributed by atoms with E-state index in [1.165, 1.54) is 0 Å². The molecule has 1 saturated heterocycles. The molecule has 6 nitrogen and oxygen atoms in total. The number of aliphatic carboxylic acids is 1. The van der Waals surface area contributed by atoms with E-state index in [1.54, 1.807) is 17.0 Å². The number of carboxylic acid groups (broad SMARTS) is 1. The molecule has 1 N–H and O–H groups in total. The molecule has 3 rings (SSSR count). The van der Waals surface area contributed by atoms with E-state index >= 15 is 0 Å². The Balaban J connectivity index is 1.67. The van der Waals surface area contributed by atoms with Crippen LogP contribution >= 0.6 is 0 Å². The minimum atomic E-state index is -0.848. The van der Waals surface area contributed by atoms with Crippen LogP contribution in [-0.4, -0.2) is 47.7 Å². The van der Waals surface area contributed by atoms with Gasteiger partial charge in [-0.1, -0.05) is 12.1 Å². The number of piperidine rings is 1. The summed E-state index contributed by atoms with van der Waals surface area (Å²) in [5.41, 5.74) is 0. The fraction of sp³-hybridized carbons (Fsp3) is 0.467. The van der Waals surface area contributed by atoms with E-state index in [0.29, 0.717) is 30.9 Å². The van der Waals surface area contributed by atoms with Gasteiger partial charge in [-0.2, -0.15) is 0 Å². The Hall–Kier alpha value is -2.24. The van der Waals surface area contributed by atoms with Gasteiger partial charge in [0.1, 0.15) is 6.61 Å². The van der Waals surface area contributed by atoms with Crippen LogP contribution in [0.25, 0.3) is 0 Å². The van der Waals surface area contributed by atoms with Crippen LogP contribution in [0.1, 0.15) is 12.8 Å². The summed E-state index contributed by atoms with van der Waals surface area (Å²) in [4.78, 5) is 25.1. The van der Waals surface area contributed by atoms with E-state index in [2.05, 4.69) is 0 Å². The second kappa shape index (κ2) is 5.63. The van der Waals surface area contributed by atoms with E-state index < -0.39 is 18.0 Å². The first-order valence-electron chi connectivity index (χ1n) is 7.05. The standard InChI is InChI=1S/C15H17NO5/c17-14(16-7-3-4-10(8-16)15(18)19)13-9-20-11-5-1-2-6-12(11)21-13/h1-2,5-6,10,13H,3-4,7-9H2,(H,18,19)/t10-,13+/m1/s1. The van der Waals surface area contributed by atoms with Gasteiger partial charge in [0.25, 0.3) is 5.91 Å². The maximum Gasteiger partial charge on any atom is 0.308 e. The molecule has 0 bridgehead atoms. The van der Waals surface area contributed by atoms with Crippen LogP contribution in [0.3, 0.4) is 0 Å². The Kier molecular flexibility index (Phi) is 3.68. The number of ether oxygens (including phenoxy) is 2. The van der Waals surface area contributed by atoms with Gasteiger partial charge in [-0.25, -0.2) is 0 Å². The molecule has 0 saturated carbocycles. The van der Waals surface area contributed by atoms with E-state index in [-0.39, 0.29) is 19.1 Å². The molecule has 21 heavy (non-hydrogen) atoms. The number of fused-ring (bicyclic) bond motifs is 1. The number of likely N-dealkylation sites (tertiary alicyclic amines) is 1. The number of hydrogen-bond acceptors (Lipinski definition) is 4. The molecule has 0 unspecified atom stereocenters. The van der Waals surface area contributed by atoms with Gasteiger partial charge in [-0.15, -0.1) is 0 Å². The molecule has 1 aromatic rings. The number of carbonyl (C=O) groups is 2. The first kappa shape index (κ1) is 13.7. The molecular weight excluding hydrogens is 274 g/mol. The van der Waals surface area contributed by atoms with E-state index in [0.717, 1.165) is 0 Å². The zero-order valence-corrected chi connectivity index (χ0v) is 11.5. The maximum absolute atomic E-state index is 12.5. The van der Waals surface area contributed by atoms with Crippen molar-refractivity contribution in [2.75, 3.05) is 19.7 Å². The fourth-order valence-electron chi connectivity index (χ4n) is 2.72. The summed E-state index contributed by atoms with van der Waals surface area (Å²) < 4.78 is 11.2. The molecule has 2 aliphatic rings. The molecule has 0 aliphatic carbocycles. The zero-order valence-electron chi connectivity index (χ0n) is 11.5. The number of benzene rings is 1. The van der Waals surface area contributed by atoms with Crippen molar-refractivity contribution < 1.29 is 24.2 Å². The average Bonchev–Trinajstić information content (AvgIpc) is 2.53. The lowest BCUT2D eigenvalue weighted by atomic mass is 9.98. The van der Waals surface area contributed by atoms with Crippen molar-refractivity contribution in [3.05, 3.63) is 24.3 Å². The van der Waals surface area contributed by atoms with E-state index in [9.17, 15) is 9.59 Å². The minimum absolute atomic E-state index is 0.157. The van der Waals surface area contributed by atoms with E-state index in [1.807, 2.05) is 12.1 Å². The summed E-state index contributed by atoms with van der Waals surface area (Å²) in [5.74, 6) is -0.355.